The predicted octanol–water partition coefficient (Wildman–Crippen LogP) is 3.75. The van der Waals surface area contributed by atoms with Gasteiger partial charge in [-0.15, -0.1) is 0 Å². The van der Waals surface area contributed by atoms with Gasteiger partial charge in [-0.1, -0.05) is 32.0 Å². The minimum absolute atomic E-state index is 0.00927. The van der Waals surface area contributed by atoms with Crippen LogP contribution >= 0.6 is 0 Å². The topological polar surface area (TPSA) is 233 Å². The third-order valence-corrected chi connectivity index (χ3v) is 12.4. The minimum atomic E-state index is -2.38. The zero-order chi connectivity index (χ0) is 45.3. The third-order valence-electron chi connectivity index (χ3n) is 12.4. The lowest BCUT2D eigenvalue weighted by atomic mass is 9.46. The number of cyclic esters (lactones) is 1. The second-order valence-corrected chi connectivity index (χ2v) is 16.4. The number of carbonyl (C=O) groups is 8. The van der Waals surface area contributed by atoms with Crippen molar-refractivity contribution in [2.24, 2.45) is 17.3 Å². The summed E-state index contributed by atoms with van der Waals surface area (Å²) in [7, 11) is 0. The number of hydrogen-bond donors (Lipinski definition) is 0. The van der Waals surface area contributed by atoms with E-state index >= 15 is 0 Å². The summed E-state index contributed by atoms with van der Waals surface area (Å²) in [5, 5.41) is 0. The van der Waals surface area contributed by atoms with Crippen LogP contribution in [0.15, 0.2) is 48.7 Å². The lowest BCUT2D eigenvalue weighted by Gasteiger charge is -2.65. The maximum absolute atomic E-state index is 14.4. The van der Waals surface area contributed by atoms with E-state index in [-0.39, 0.29) is 24.0 Å². The number of aromatic nitrogens is 1. The molecule has 62 heavy (non-hydrogen) atoms. The van der Waals surface area contributed by atoms with Crippen LogP contribution in [0.5, 0.6) is 0 Å². The molecule has 12 atom stereocenters. The molecule has 0 N–H and O–H groups in total. The van der Waals surface area contributed by atoms with Gasteiger partial charge in [0.05, 0.1) is 22.7 Å². The minimum Gasteiger partial charge on any atom is -0.465 e. The van der Waals surface area contributed by atoms with Crippen molar-refractivity contribution in [2.75, 3.05) is 13.2 Å². The zero-order valence-electron chi connectivity index (χ0n) is 35.7. The fraction of sp³-hybridized carbons (Fsp3) is 0.568. The van der Waals surface area contributed by atoms with E-state index in [2.05, 4.69) is 4.98 Å². The van der Waals surface area contributed by atoms with E-state index in [9.17, 15) is 38.4 Å². The molecule has 1 aromatic carbocycles. The lowest BCUT2D eigenvalue weighted by Crippen LogP contribution is -2.84. The molecule has 3 heterocycles. The Balaban J connectivity index is 1.75. The molecule has 2 saturated carbocycles. The van der Waals surface area contributed by atoms with E-state index in [4.69, 9.17) is 42.6 Å². The Hall–Kier alpha value is -5.91. The van der Waals surface area contributed by atoms with E-state index in [0.717, 1.165) is 34.6 Å². The highest BCUT2D eigenvalue weighted by Crippen LogP contribution is 2.69. The second-order valence-electron chi connectivity index (χ2n) is 16.4. The molecule has 18 nitrogen and oxygen atoms in total. The zero-order valence-corrected chi connectivity index (χ0v) is 35.7. The smallest absolute Gasteiger partial charge is 0.340 e. The third kappa shape index (κ3) is 8.11. The molecule has 334 valence electrons. The van der Waals surface area contributed by atoms with Crippen LogP contribution in [0.25, 0.3) is 0 Å². The van der Waals surface area contributed by atoms with E-state index in [1.807, 2.05) is 6.92 Å². The van der Waals surface area contributed by atoms with Gasteiger partial charge in [-0.05, 0) is 44.0 Å². The monoisotopic (exact) mass is 865 g/mol. The first-order valence-corrected chi connectivity index (χ1v) is 20.4. The number of ether oxygens (including phenoxy) is 9. The van der Waals surface area contributed by atoms with Gasteiger partial charge in [0.1, 0.15) is 48.1 Å². The molecular weight excluding hydrogens is 814 g/mol. The summed E-state index contributed by atoms with van der Waals surface area (Å²) < 4.78 is 56.3. The normalized spacial score (nSPS) is 33.8. The maximum atomic E-state index is 14.4. The van der Waals surface area contributed by atoms with Gasteiger partial charge in [-0.3, -0.25) is 33.8 Å². The van der Waals surface area contributed by atoms with Gasteiger partial charge in [0.15, 0.2) is 18.3 Å². The Bertz CT molecular complexity index is 2110. The van der Waals surface area contributed by atoms with E-state index in [1.54, 1.807) is 24.3 Å². The number of nitrogens with zero attached hydrogens (tertiary/aromatic N) is 1. The highest BCUT2D eigenvalue weighted by molar-refractivity contribution is 5.91. The molecule has 0 radical (unpaired) electrons. The summed E-state index contributed by atoms with van der Waals surface area (Å²) in [6.07, 6.45) is -8.76. The fourth-order valence-electron chi connectivity index (χ4n) is 10.1. The molecule has 2 unspecified atom stereocenters. The van der Waals surface area contributed by atoms with Crippen LogP contribution in [0.4, 0.5) is 0 Å². The van der Waals surface area contributed by atoms with Crippen LogP contribution < -0.4 is 0 Å². The number of benzene rings is 1. The van der Waals surface area contributed by atoms with Gasteiger partial charge < -0.3 is 42.6 Å². The van der Waals surface area contributed by atoms with Crippen molar-refractivity contribution in [1.29, 1.82) is 0 Å². The Labute approximate surface area is 357 Å². The number of hydrogen-bond acceptors (Lipinski definition) is 18. The summed E-state index contributed by atoms with van der Waals surface area (Å²) in [6, 6.07) is 10.7. The molecule has 2 aliphatic carbocycles. The highest BCUT2D eigenvalue weighted by Gasteiger charge is 2.88. The second kappa shape index (κ2) is 17.8. The molecule has 0 amide bonds. The Morgan fingerprint density at radius 1 is 0.774 bits per heavy atom. The Kier molecular flexibility index (Phi) is 13.1. The SMILES string of the molecule is CCC1CCC(=O)O[C@@H]2[C@@H](OC(C)=O)[C@H](OC(=O)c3ccccc3)[C@@]3(COC(C)=O)[C@H](OC(C)=O)[C@H](OC(C)=O)[C@@H]4C(OC(C)=O)[C@]3(O[C@@]4(C)COC(=O)c3cccnc31)[C@@H]2C. The van der Waals surface area contributed by atoms with Crippen molar-refractivity contribution in [2.45, 2.75) is 128 Å². The number of fused-ring (bicyclic) bond motifs is 5. The van der Waals surface area contributed by atoms with Crippen LogP contribution in [0.3, 0.4) is 0 Å². The van der Waals surface area contributed by atoms with Crippen molar-refractivity contribution in [1.82, 2.24) is 4.98 Å². The van der Waals surface area contributed by atoms with Gasteiger partial charge in [0.25, 0.3) is 0 Å². The molecule has 4 aliphatic rings. The fourth-order valence-corrected chi connectivity index (χ4v) is 10.1. The Morgan fingerprint density at radius 3 is 2.00 bits per heavy atom. The van der Waals surface area contributed by atoms with Crippen molar-refractivity contribution in [3.05, 3.63) is 65.5 Å². The van der Waals surface area contributed by atoms with E-state index in [0.29, 0.717) is 12.1 Å². The number of esters is 8. The summed E-state index contributed by atoms with van der Waals surface area (Å²) >= 11 is 0. The molecule has 6 rings (SSSR count). The number of pyridine rings is 1. The molecule has 1 saturated heterocycles. The van der Waals surface area contributed by atoms with Crippen molar-refractivity contribution in [3.63, 3.8) is 0 Å². The molecule has 2 aromatic rings. The largest absolute Gasteiger partial charge is 0.465 e. The summed E-state index contributed by atoms with van der Waals surface area (Å²) in [4.78, 5) is 114. The Morgan fingerprint density at radius 2 is 1.39 bits per heavy atom. The van der Waals surface area contributed by atoms with Crippen LogP contribution in [0.2, 0.25) is 0 Å². The van der Waals surface area contributed by atoms with E-state index < -0.39 is 132 Å². The molecule has 1 spiro atoms. The van der Waals surface area contributed by atoms with E-state index in [1.165, 1.54) is 38.2 Å². The van der Waals surface area contributed by atoms with Gasteiger partial charge >= 0.3 is 47.8 Å². The van der Waals surface area contributed by atoms with Gasteiger partial charge in [-0.25, -0.2) is 9.59 Å². The van der Waals surface area contributed by atoms with Crippen molar-refractivity contribution in [3.8, 4) is 0 Å². The first-order chi connectivity index (χ1) is 29.3. The highest BCUT2D eigenvalue weighted by atomic mass is 16.7. The van der Waals surface area contributed by atoms with Crippen molar-refractivity contribution < 1.29 is 81.0 Å². The summed E-state index contributed by atoms with van der Waals surface area (Å²) in [6.45, 7) is 8.71. The lowest BCUT2D eigenvalue weighted by molar-refractivity contribution is -0.347. The molecule has 1 aromatic heterocycles. The van der Waals surface area contributed by atoms with Crippen LogP contribution in [-0.4, -0.2) is 114 Å². The number of rotatable bonds is 9. The number of carbonyl (C=O) groups excluding carboxylic acids is 8. The van der Waals surface area contributed by atoms with Crippen LogP contribution in [0, 0.1) is 17.3 Å². The summed E-state index contributed by atoms with van der Waals surface area (Å²) in [5.74, 6) is -10.4. The molecule has 4 bridgehead atoms. The predicted molar refractivity (Wildman–Crippen MR) is 208 cm³/mol. The quantitative estimate of drug-likeness (QED) is 0.258. The van der Waals surface area contributed by atoms with Crippen molar-refractivity contribution >= 4 is 47.8 Å². The van der Waals surface area contributed by atoms with Gasteiger partial charge in [0.2, 0.25) is 0 Å². The maximum Gasteiger partial charge on any atom is 0.340 e. The first-order valence-electron chi connectivity index (χ1n) is 20.4. The molecular formula is C44H51NO17. The standard InChI is InChI=1S/C44H51NO17/c1-9-28-17-18-31(51)60-34-22(2)44-37(58-26(6)49)32(42(8,62-44)20-55-41(53)30-16-13-19-45-33(28)30)35(56-24(4)47)38(59-27(7)50)43(44,21-54-23(3)46)39(36(34)57-25(5)48)61-40(52)29-14-11-10-12-15-29/h10-16,19,22,28,32,34-39H,9,17-18,20-21H2,1-8H3/t22-,28?,32-,34+,35-,36-,37?,38-,39+,42+,43-,44-/m1/s1. The first kappa shape index (κ1) is 45.6. The molecule has 2 aliphatic heterocycles. The van der Waals surface area contributed by atoms with Crippen LogP contribution in [0.1, 0.15) is 107 Å². The molecule has 18 heteroatoms. The average molecular weight is 866 g/mol. The average Bonchev–Trinajstić information content (AvgIpc) is 3.42. The van der Waals surface area contributed by atoms with Crippen LogP contribution in [-0.2, 0) is 71.4 Å². The summed E-state index contributed by atoms with van der Waals surface area (Å²) in [5.41, 5.74) is -6.11. The molecule has 3 fully saturated rings. The van der Waals surface area contributed by atoms with Gasteiger partial charge in [0, 0.05) is 59.1 Å². The van der Waals surface area contributed by atoms with Gasteiger partial charge in [-0.2, -0.15) is 0 Å².